The van der Waals surface area contributed by atoms with Crippen molar-refractivity contribution in [2.24, 2.45) is 0 Å². The molecule has 1 aromatic heterocycles. The predicted octanol–water partition coefficient (Wildman–Crippen LogP) is 3.08. The number of aromatic nitrogens is 3. The normalized spacial score (nSPS) is 10.7. The van der Waals surface area contributed by atoms with Crippen molar-refractivity contribution in [3.05, 3.63) is 81.5 Å². The molecule has 23 heavy (non-hydrogen) atoms. The second-order valence-electron chi connectivity index (χ2n) is 5.20. The van der Waals surface area contributed by atoms with Crippen LogP contribution in [-0.4, -0.2) is 14.8 Å². The van der Waals surface area contributed by atoms with Gasteiger partial charge >= 0.3 is 5.69 Å². The molecular weight excluding hydrogens is 312 g/mol. The number of aromatic amines is 1. The number of hydrogen-bond acceptors (Lipinski definition) is 3. The maximum Gasteiger partial charge on any atom is 0.343 e. The lowest BCUT2D eigenvalue weighted by Gasteiger charge is -2.03. The first kappa shape index (κ1) is 15.4. The van der Waals surface area contributed by atoms with Crippen LogP contribution in [0.15, 0.2) is 59.4 Å². The molecule has 118 valence electrons. The largest absolute Gasteiger partial charge is 0.378 e. The summed E-state index contributed by atoms with van der Waals surface area (Å²) in [7, 11) is 0. The van der Waals surface area contributed by atoms with Gasteiger partial charge in [-0.05, 0) is 36.2 Å². The standard InChI is InChI=1S/C17H17ClN4O/c18-14-6-8-15(9-7-14)19-12-16-20-17(23)22(21-16)11-10-13-4-2-1-3-5-13/h1-9,19H,10-12H2,(H,20,21,23). The van der Waals surface area contributed by atoms with Crippen molar-refractivity contribution in [3.8, 4) is 0 Å². The number of anilines is 1. The van der Waals surface area contributed by atoms with Gasteiger partial charge in [0.15, 0.2) is 0 Å². The van der Waals surface area contributed by atoms with Crippen molar-refractivity contribution < 1.29 is 0 Å². The fraction of sp³-hybridized carbons (Fsp3) is 0.176. The number of nitrogens with zero attached hydrogens (tertiary/aromatic N) is 2. The molecule has 5 nitrogen and oxygen atoms in total. The van der Waals surface area contributed by atoms with Crippen LogP contribution < -0.4 is 11.0 Å². The van der Waals surface area contributed by atoms with Gasteiger partial charge in [0.25, 0.3) is 0 Å². The highest BCUT2D eigenvalue weighted by molar-refractivity contribution is 6.30. The molecule has 0 aliphatic carbocycles. The number of hydrogen-bond donors (Lipinski definition) is 2. The Labute approximate surface area is 138 Å². The molecule has 0 aliphatic rings. The Balaban J connectivity index is 1.59. The third-order valence-electron chi connectivity index (χ3n) is 3.49. The van der Waals surface area contributed by atoms with Crippen molar-refractivity contribution in [3.63, 3.8) is 0 Å². The van der Waals surface area contributed by atoms with Gasteiger partial charge in [-0.25, -0.2) is 9.48 Å². The monoisotopic (exact) mass is 328 g/mol. The second kappa shape index (κ2) is 7.15. The van der Waals surface area contributed by atoms with Crippen molar-refractivity contribution in [2.45, 2.75) is 19.5 Å². The number of rotatable bonds is 6. The Hall–Kier alpha value is -2.53. The summed E-state index contributed by atoms with van der Waals surface area (Å²) in [6.45, 7) is 1.01. The van der Waals surface area contributed by atoms with Crippen LogP contribution in [0, 0.1) is 0 Å². The molecule has 3 rings (SSSR count). The first-order valence-corrected chi connectivity index (χ1v) is 7.78. The minimum Gasteiger partial charge on any atom is -0.378 e. The van der Waals surface area contributed by atoms with Gasteiger partial charge in [-0.1, -0.05) is 41.9 Å². The van der Waals surface area contributed by atoms with Gasteiger partial charge in [-0.15, -0.1) is 0 Å². The third-order valence-corrected chi connectivity index (χ3v) is 3.74. The van der Waals surface area contributed by atoms with E-state index >= 15 is 0 Å². The molecule has 0 saturated heterocycles. The number of halogens is 1. The highest BCUT2D eigenvalue weighted by Gasteiger charge is 2.05. The first-order chi connectivity index (χ1) is 11.2. The van der Waals surface area contributed by atoms with Gasteiger partial charge in [0, 0.05) is 10.7 Å². The molecule has 0 bridgehead atoms. The Morgan fingerprint density at radius 2 is 1.83 bits per heavy atom. The molecule has 2 N–H and O–H groups in total. The maximum atomic E-state index is 11.9. The SMILES string of the molecule is O=c1[nH]c(CNc2ccc(Cl)cc2)nn1CCc1ccccc1. The Kier molecular flexibility index (Phi) is 4.78. The minimum absolute atomic E-state index is 0.186. The van der Waals surface area contributed by atoms with E-state index in [0.717, 1.165) is 12.1 Å². The van der Waals surface area contributed by atoms with Crippen LogP contribution in [0.1, 0.15) is 11.4 Å². The zero-order valence-corrected chi connectivity index (χ0v) is 13.3. The number of aryl methyl sites for hydroxylation is 2. The van der Waals surface area contributed by atoms with Crippen molar-refractivity contribution in [1.82, 2.24) is 14.8 Å². The summed E-state index contributed by atoms with van der Waals surface area (Å²) in [4.78, 5) is 14.7. The van der Waals surface area contributed by atoms with Gasteiger partial charge in [0.1, 0.15) is 5.82 Å². The van der Waals surface area contributed by atoms with Crippen LogP contribution in [0.5, 0.6) is 0 Å². The zero-order chi connectivity index (χ0) is 16.1. The smallest absolute Gasteiger partial charge is 0.343 e. The van der Waals surface area contributed by atoms with E-state index < -0.39 is 0 Å². The average molecular weight is 329 g/mol. The second-order valence-corrected chi connectivity index (χ2v) is 5.63. The van der Waals surface area contributed by atoms with E-state index in [9.17, 15) is 4.79 Å². The lowest BCUT2D eigenvalue weighted by molar-refractivity contribution is 0.588. The van der Waals surface area contributed by atoms with Crippen LogP contribution in [0.2, 0.25) is 5.02 Å². The number of nitrogens with one attached hydrogen (secondary N) is 2. The molecule has 0 saturated carbocycles. The van der Waals surface area contributed by atoms with Crippen LogP contribution >= 0.6 is 11.6 Å². The van der Waals surface area contributed by atoms with E-state index in [1.54, 1.807) is 0 Å². The van der Waals surface area contributed by atoms with Crippen molar-refractivity contribution >= 4 is 17.3 Å². The Morgan fingerprint density at radius 3 is 2.57 bits per heavy atom. The fourth-order valence-corrected chi connectivity index (χ4v) is 2.39. The molecule has 0 unspecified atom stereocenters. The zero-order valence-electron chi connectivity index (χ0n) is 12.5. The van der Waals surface area contributed by atoms with E-state index in [1.165, 1.54) is 10.2 Å². The molecule has 3 aromatic rings. The molecular formula is C17H17ClN4O. The molecule has 2 aromatic carbocycles. The summed E-state index contributed by atoms with van der Waals surface area (Å²) >= 11 is 5.85. The maximum absolute atomic E-state index is 11.9. The van der Waals surface area contributed by atoms with Gasteiger partial charge in [-0.3, -0.25) is 4.98 Å². The molecule has 0 spiro atoms. The van der Waals surface area contributed by atoms with Crippen molar-refractivity contribution in [2.75, 3.05) is 5.32 Å². The number of H-pyrrole nitrogens is 1. The Bertz CT molecular complexity index is 809. The van der Waals surface area contributed by atoms with Gasteiger partial charge < -0.3 is 5.32 Å². The van der Waals surface area contributed by atoms with Crippen LogP contribution in [0.3, 0.4) is 0 Å². The molecule has 0 atom stereocenters. The van der Waals surface area contributed by atoms with Crippen molar-refractivity contribution in [1.29, 1.82) is 0 Å². The van der Waals surface area contributed by atoms with E-state index in [2.05, 4.69) is 15.4 Å². The summed E-state index contributed by atoms with van der Waals surface area (Å²) < 4.78 is 1.46. The quantitative estimate of drug-likeness (QED) is 0.731. The topological polar surface area (TPSA) is 62.7 Å². The molecule has 0 fully saturated rings. The predicted molar refractivity (Wildman–Crippen MR) is 91.8 cm³/mol. The molecule has 6 heteroatoms. The lowest BCUT2D eigenvalue weighted by atomic mass is 10.2. The summed E-state index contributed by atoms with van der Waals surface area (Å²) in [5.41, 5.74) is 1.92. The minimum atomic E-state index is -0.186. The van der Waals surface area contributed by atoms with Crippen LogP contribution in [0.25, 0.3) is 0 Å². The summed E-state index contributed by atoms with van der Waals surface area (Å²) in [5, 5.41) is 8.20. The first-order valence-electron chi connectivity index (χ1n) is 7.40. The highest BCUT2D eigenvalue weighted by atomic mass is 35.5. The van der Waals surface area contributed by atoms with Gasteiger partial charge in [0.2, 0.25) is 0 Å². The highest BCUT2D eigenvalue weighted by Crippen LogP contribution is 2.13. The summed E-state index contributed by atoms with van der Waals surface area (Å²) in [6.07, 6.45) is 0.773. The van der Waals surface area contributed by atoms with E-state index in [4.69, 9.17) is 11.6 Å². The molecule has 1 heterocycles. The lowest BCUT2D eigenvalue weighted by Crippen LogP contribution is -2.19. The molecule has 0 aliphatic heterocycles. The van der Waals surface area contributed by atoms with Gasteiger partial charge in [0.05, 0.1) is 13.1 Å². The Morgan fingerprint density at radius 1 is 1.09 bits per heavy atom. The number of benzene rings is 2. The van der Waals surface area contributed by atoms with Gasteiger partial charge in [-0.2, -0.15) is 5.10 Å². The van der Waals surface area contributed by atoms with E-state index in [1.807, 2.05) is 54.6 Å². The summed E-state index contributed by atoms with van der Waals surface area (Å²) in [5.74, 6) is 0.609. The average Bonchev–Trinajstić information content (AvgIpc) is 2.93. The van der Waals surface area contributed by atoms with Crippen LogP contribution in [-0.2, 0) is 19.5 Å². The third kappa shape index (κ3) is 4.23. The van der Waals surface area contributed by atoms with E-state index in [-0.39, 0.29) is 5.69 Å². The molecule has 0 amide bonds. The van der Waals surface area contributed by atoms with Crippen LogP contribution in [0.4, 0.5) is 5.69 Å². The van der Waals surface area contributed by atoms with E-state index in [0.29, 0.717) is 23.9 Å². The fourth-order valence-electron chi connectivity index (χ4n) is 2.27. The molecule has 0 radical (unpaired) electrons. The summed E-state index contributed by atoms with van der Waals surface area (Å²) in [6, 6.07) is 17.4.